The van der Waals surface area contributed by atoms with Crippen LogP contribution in [-0.4, -0.2) is 0 Å². The third-order valence-corrected chi connectivity index (χ3v) is 7.74. The van der Waals surface area contributed by atoms with Gasteiger partial charge in [0.05, 0.1) is 0 Å². The first-order valence-corrected chi connectivity index (χ1v) is 11.1. The molecule has 0 aromatic carbocycles. The van der Waals surface area contributed by atoms with E-state index in [-0.39, 0.29) is 0 Å². The first-order valence-electron chi connectivity index (χ1n) is 11.1. The summed E-state index contributed by atoms with van der Waals surface area (Å²) in [5.41, 5.74) is 2.01. The minimum atomic E-state index is 0.475. The molecule has 5 atom stereocenters. The van der Waals surface area contributed by atoms with Crippen molar-refractivity contribution in [3.05, 3.63) is 24.3 Å². The van der Waals surface area contributed by atoms with E-state index >= 15 is 0 Å². The summed E-state index contributed by atoms with van der Waals surface area (Å²) in [5, 5.41) is 0. The summed E-state index contributed by atoms with van der Waals surface area (Å²) in [4.78, 5) is 0. The van der Waals surface area contributed by atoms with Gasteiger partial charge in [-0.3, -0.25) is 0 Å². The highest BCUT2D eigenvalue weighted by Gasteiger charge is 2.47. The fourth-order valence-corrected chi connectivity index (χ4v) is 5.29. The Hall–Kier alpha value is -0.520. The van der Waals surface area contributed by atoms with Gasteiger partial charge in [0.15, 0.2) is 0 Å². The van der Waals surface area contributed by atoms with Crippen molar-refractivity contribution in [3.8, 4) is 0 Å². The summed E-state index contributed by atoms with van der Waals surface area (Å²) in [7, 11) is 0. The fraction of sp³-hybridized carbons (Fsp3) is 0.840. The Morgan fingerprint density at radius 2 is 1.68 bits per heavy atom. The molecule has 0 spiro atoms. The van der Waals surface area contributed by atoms with Crippen LogP contribution in [0.4, 0.5) is 0 Å². The van der Waals surface area contributed by atoms with Crippen LogP contribution < -0.4 is 0 Å². The van der Waals surface area contributed by atoms with E-state index in [1.54, 1.807) is 0 Å². The molecule has 0 heteroatoms. The number of hydrogen-bond donors (Lipinski definition) is 0. The molecule has 0 nitrogen and oxygen atoms in total. The second-order valence-corrected chi connectivity index (χ2v) is 10.4. The van der Waals surface area contributed by atoms with Crippen LogP contribution in [0.25, 0.3) is 0 Å². The standard InChI is InChI=1S/C15H28.C10H16/c1-12(2)15-10-8-13(3)6-5-7-14(4)9-11-15;1-7-8-4-5-9(6-8)10(7,2)3/h5-6,12-15H,7-11H2,1-4H3;8-9H,1,4-6H2,2-3H3/b6-5+;/t13-,14+,15-;/m1./s1. The van der Waals surface area contributed by atoms with Gasteiger partial charge in [0.2, 0.25) is 0 Å². The SMILES string of the molecule is C=C1C2CCC(C2)C1(C)C.CC(C)[C@H]1CC[C@@H](C)C/C=C/[C@@H](C)CC1. The van der Waals surface area contributed by atoms with Crippen LogP contribution >= 0.6 is 0 Å². The summed E-state index contributed by atoms with van der Waals surface area (Å²) in [6.45, 7) is 18.4. The van der Waals surface area contributed by atoms with Gasteiger partial charge in [0, 0.05) is 0 Å². The first kappa shape index (κ1) is 20.8. The number of rotatable bonds is 1. The first-order chi connectivity index (χ1) is 11.7. The molecule has 0 radical (unpaired) electrons. The Labute approximate surface area is 158 Å². The predicted molar refractivity (Wildman–Crippen MR) is 113 cm³/mol. The molecule has 2 fully saturated rings. The Morgan fingerprint density at radius 1 is 1.00 bits per heavy atom. The lowest BCUT2D eigenvalue weighted by Crippen LogP contribution is -2.21. The maximum atomic E-state index is 4.19. The van der Waals surface area contributed by atoms with E-state index in [1.807, 2.05) is 0 Å². The van der Waals surface area contributed by atoms with E-state index in [0.29, 0.717) is 5.41 Å². The molecule has 2 unspecified atom stereocenters. The largest absolute Gasteiger partial charge is 0.0990 e. The van der Waals surface area contributed by atoms with E-state index in [1.165, 1.54) is 56.9 Å². The molecule has 0 N–H and O–H groups in total. The van der Waals surface area contributed by atoms with Crippen molar-refractivity contribution in [2.75, 3.05) is 0 Å². The zero-order chi connectivity index (χ0) is 18.6. The zero-order valence-electron chi connectivity index (χ0n) is 18.0. The van der Waals surface area contributed by atoms with Gasteiger partial charge in [-0.25, -0.2) is 0 Å². The van der Waals surface area contributed by atoms with Gasteiger partial charge in [0.1, 0.15) is 0 Å². The smallest absolute Gasteiger partial charge is 0.0116 e. The van der Waals surface area contributed by atoms with Gasteiger partial charge in [0.25, 0.3) is 0 Å². The summed E-state index contributed by atoms with van der Waals surface area (Å²) in [6.07, 6.45) is 16.1. The molecular weight excluding hydrogens is 300 g/mol. The molecule has 0 amide bonds. The predicted octanol–water partition coefficient (Wildman–Crippen LogP) is 8.05. The van der Waals surface area contributed by atoms with E-state index in [9.17, 15) is 0 Å². The average molecular weight is 345 g/mol. The van der Waals surface area contributed by atoms with Crippen LogP contribution in [0.15, 0.2) is 24.3 Å². The van der Waals surface area contributed by atoms with Gasteiger partial charge >= 0.3 is 0 Å². The third kappa shape index (κ3) is 5.48. The number of fused-ring (bicyclic) bond motifs is 2. The molecule has 0 aromatic heterocycles. The van der Waals surface area contributed by atoms with Crippen LogP contribution in [-0.2, 0) is 0 Å². The van der Waals surface area contributed by atoms with Crippen LogP contribution in [0.5, 0.6) is 0 Å². The molecule has 0 aromatic rings. The Kier molecular flexibility index (Phi) is 7.41. The van der Waals surface area contributed by atoms with E-state index in [4.69, 9.17) is 0 Å². The monoisotopic (exact) mass is 344 g/mol. The van der Waals surface area contributed by atoms with E-state index < -0.39 is 0 Å². The molecule has 3 rings (SSSR count). The molecule has 3 aliphatic rings. The third-order valence-electron chi connectivity index (χ3n) is 7.74. The quantitative estimate of drug-likeness (QED) is 0.422. The molecule has 144 valence electrons. The molecule has 2 saturated carbocycles. The van der Waals surface area contributed by atoms with Crippen molar-refractivity contribution in [2.45, 2.75) is 92.9 Å². The molecule has 2 bridgehead atoms. The minimum Gasteiger partial charge on any atom is -0.0990 e. The summed E-state index contributed by atoms with van der Waals surface area (Å²) < 4.78 is 0. The van der Waals surface area contributed by atoms with Gasteiger partial charge in [-0.15, -0.1) is 0 Å². The topological polar surface area (TPSA) is 0 Å². The highest BCUT2D eigenvalue weighted by atomic mass is 14.5. The summed E-state index contributed by atoms with van der Waals surface area (Å²) in [5.74, 6) is 5.35. The zero-order valence-corrected chi connectivity index (χ0v) is 18.0. The Morgan fingerprint density at radius 3 is 2.20 bits per heavy atom. The minimum absolute atomic E-state index is 0.475. The molecule has 25 heavy (non-hydrogen) atoms. The fourth-order valence-electron chi connectivity index (χ4n) is 5.29. The van der Waals surface area contributed by atoms with Gasteiger partial charge in [-0.05, 0) is 85.9 Å². The number of allylic oxidation sites excluding steroid dienone is 3. The van der Waals surface area contributed by atoms with Crippen LogP contribution in [0.1, 0.15) is 92.9 Å². The second kappa shape index (κ2) is 8.92. The number of hydrogen-bond acceptors (Lipinski definition) is 0. The van der Waals surface area contributed by atoms with Gasteiger partial charge in [-0.1, -0.05) is 72.3 Å². The maximum Gasteiger partial charge on any atom is -0.0116 e. The average Bonchev–Trinajstić information content (AvgIpc) is 3.10. The lowest BCUT2D eigenvalue weighted by Gasteiger charge is -2.31. The van der Waals surface area contributed by atoms with Gasteiger partial charge < -0.3 is 0 Å². The van der Waals surface area contributed by atoms with Crippen molar-refractivity contribution in [3.63, 3.8) is 0 Å². The second-order valence-electron chi connectivity index (χ2n) is 10.4. The lowest BCUT2D eigenvalue weighted by atomic mass is 9.73. The van der Waals surface area contributed by atoms with E-state index in [2.05, 4.69) is 60.3 Å². The highest BCUT2D eigenvalue weighted by Crippen LogP contribution is 2.58. The van der Waals surface area contributed by atoms with Gasteiger partial charge in [-0.2, -0.15) is 0 Å². The van der Waals surface area contributed by atoms with Crippen molar-refractivity contribution in [2.24, 2.45) is 40.9 Å². The van der Waals surface area contributed by atoms with Crippen LogP contribution in [0.2, 0.25) is 0 Å². The van der Waals surface area contributed by atoms with Crippen molar-refractivity contribution < 1.29 is 0 Å². The van der Waals surface area contributed by atoms with Crippen molar-refractivity contribution >= 4 is 0 Å². The van der Waals surface area contributed by atoms with Crippen LogP contribution in [0.3, 0.4) is 0 Å². The van der Waals surface area contributed by atoms with Crippen molar-refractivity contribution in [1.29, 1.82) is 0 Å². The Balaban J connectivity index is 0.000000194. The molecule has 0 heterocycles. The maximum absolute atomic E-state index is 4.19. The summed E-state index contributed by atoms with van der Waals surface area (Å²) in [6, 6.07) is 0. The highest BCUT2D eigenvalue weighted by molar-refractivity contribution is 5.22. The molecule has 0 saturated heterocycles. The summed E-state index contributed by atoms with van der Waals surface area (Å²) >= 11 is 0. The normalized spacial score (nSPS) is 39.0. The molecule has 0 aliphatic heterocycles. The molecule has 3 aliphatic carbocycles. The van der Waals surface area contributed by atoms with E-state index in [0.717, 1.165) is 35.5 Å². The lowest BCUT2D eigenvalue weighted by molar-refractivity contribution is 0.289. The van der Waals surface area contributed by atoms with Crippen LogP contribution in [0, 0.1) is 40.9 Å². The Bertz CT molecular complexity index is 453. The van der Waals surface area contributed by atoms with Crippen molar-refractivity contribution in [1.82, 2.24) is 0 Å². The molecular formula is C25H44.